The maximum absolute atomic E-state index is 9.87. The summed E-state index contributed by atoms with van der Waals surface area (Å²) in [7, 11) is 0. The van der Waals surface area contributed by atoms with Crippen molar-refractivity contribution in [3.8, 4) is 0 Å². The minimum absolute atomic E-state index is 0.131. The Balaban J connectivity index is 1.80. The molecule has 0 aromatic rings. The van der Waals surface area contributed by atoms with Crippen LogP contribution in [0.2, 0.25) is 0 Å². The molecule has 4 atom stereocenters. The van der Waals surface area contributed by atoms with Gasteiger partial charge in [-0.15, -0.1) is 0 Å². The van der Waals surface area contributed by atoms with Gasteiger partial charge in [0.05, 0.1) is 6.10 Å². The van der Waals surface area contributed by atoms with Crippen LogP contribution < -0.4 is 5.73 Å². The minimum Gasteiger partial charge on any atom is -0.392 e. The molecule has 0 radical (unpaired) electrons. The smallest absolute Gasteiger partial charge is 0.0693 e. The number of aliphatic hydroxyl groups excluding tert-OH is 1. The van der Waals surface area contributed by atoms with Crippen molar-refractivity contribution in [1.82, 2.24) is 4.90 Å². The number of nitrogens with two attached hydrogens (primary N) is 1. The Labute approximate surface area is 99.0 Å². The molecule has 2 rings (SSSR count). The number of β-amino-alcohol motifs (C(OH)–C–C–N with tert-alkyl or cyclic N) is 1. The molecule has 1 aliphatic carbocycles. The lowest BCUT2D eigenvalue weighted by atomic mass is 9.84. The van der Waals surface area contributed by atoms with Crippen LogP contribution in [0.4, 0.5) is 0 Å². The molecular weight excluding hydrogens is 200 g/mol. The second-order valence-electron chi connectivity index (χ2n) is 5.80. The van der Waals surface area contributed by atoms with E-state index in [4.69, 9.17) is 5.73 Å². The van der Waals surface area contributed by atoms with Gasteiger partial charge in [-0.3, -0.25) is 0 Å². The summed E-state index contributed by atoms with van der Waals surface area (Å²) in [4.78, 5) is 2.42. The zero-order valence-corrected chi connectivity index (χ0v) is 10.4. The van der Waals surface area contributed by atoms with Crippen LogP contribution in [0.15, 0.2) is 0 Å². The summed E-state index contributed by atoms with van der Waals surface area (Å²) >= 11 is 0. The molecule has 0 spiro atoms. The molecule has 0 aromatic carbocycles. The number of hydrogen-bond donors (Lipinski definition) is 2. The van der Waals surface area contributed by atoms with E-state index < -0.39 is 0 Å². The van der Waals surface area contributed by atoms with Crippen LogP contribution in [0, 0.1) is 11.8 Å². The topological polar surface area (TPSA) is 49.5 Å². The largest absolute Gasteiger partial charge is 0.392 e. The van der Waals surface area contributed by atoms with Gasteiger partial charge in [0.25, 0.3) is 0 Å². The number of hydrogen-bond acceptors (Lipinski definition) is 3. The van der Waals surface area contributed by atoms with E-state index in [-0.39, 0.29) is 6.10 Å². The predicted molar refractivity (Wildman–Crippen MR) is 66.2 cm³/mol. The Morgan fingerprint density at radius 1 is 1.25 bits per heavy atom. The standard InChI is InChI=1S/C13H26N2O/c1-10-6-7-15(9-13(10)16)8-11-4-2-3-5-12(11)14/h10-13,16H,2-9,14H2,1H3. The summed E-state index contributed by atoms with van der Waals surface area (Å²) in [5.41, 5.74) is 6.17. The van der Waals surface area contributed by atoms with Gasteiger partial charge in [0, 0.05) is 19.1 Å². The van der Waals surface area contributed by atoms with Gasteiger partial charge in [-0.05, 0) is 37.6 Å². The number of rotatable bonds is 2. The fourth-order valence-electron chi connectivity index (χ4n) is 3.07. The SMILES string of the molecule is CC1CCN(CC2CCCCC2N)CC1O. The maximum atomic E-state index is 9.87. The van der Waals surface area contributed by atoms with Crippen LogP contribution in [0.3, 0.4) is 0 Å². The molecule has 3 heteroatoms. The third-order valence-electron chi connectivity index (χ3n) is 4.46. The Kier molecular flexibility index (Phi) is 4.22. The number of piperidine rings is 1. The van der Waals surface area contributed by atoms with E-state index >= 15 is 0 Å². The van der Waals surface area contributed by atoms with Crippen LogP contribution >= 0.6 is 0 Å². The summed E-state index contributed by atoms with van der Waals surface area (Å²) in [5, 5.41) is 9.87. The molecule has 0 aromatic heterocycles. The predicted octanol–water partition coefficient (Wildman–Crippen LogP) is 1.21. The third kappa shape index (κ3) is 2.96. The van der Waals surface area contributed by atoms with Gasteiger partial charge in [0.15, 0.2) is 0 Å². The molecule has 4 unspecified atom stereocenters. The van der Waals surface area contributed by atoms with E-state index in [1.165, 1.54) is 25.7 Å². The normalized spacial score (nSPS) is 42.2. The summed E-state index contributed by atoms with van der Waals surface area (Å²) in [5.74, 6) is 1.13. The lowest BCUT2D eigenvalue weighted by Gasteiger charge is -2.38. The van der Waals surface area contributed by atoms with Crippen LogP contribution in [0.25, 0.3) is 0 Å². The highest BCUT2D eigenvalue weighted by atomic mass is 16.3. The van der Waals surface area contributed by atoms with Gasteiger partial charge in [-0.2, -0.15) is 0 Å². The lowest BCUT2D eigenvalue weighted by Crippen LogP contribution is -2.48. The molecule has 1 heterocycles. The Hall–Kier alpha value is -0.120. The minimum atomic E-state index is -0.131. The van der Waals surface area contributed by atoms with Crippen molar-refractivity contribution in [2.45, 2.75) is 51.2 Å². The van der Waals surface area contributed by atoms with E-state index in [0.29, 0.717) is 17.9 Å². The molecular formula is C13H26N2O. The summed E-state index contributed by atoms with van der Waals surface area (Å²) in [6.45, 7) is 5.24. The highest BCUT2D eigenvalue weighted by Gasteiger charge is 2.28. The maximum Gasteiger partial charge on any atom is 0.0693 e. The first-order valence-electron chi connectivity index (χ1n) is 6.83. The van der Waals surface area contributed by atoms with E-state index in [1.807, 2.05) is 0 Å². The van der Waals surface area contributed by atoms with Crippen LogP contribution in [-0.2, 0) is 0 Å². The molecule has 1 saturated carbocycles. The first-order chi connectivity index (χ1) is 7.66. The number of aliphatic hydroxyl groups is 1. The van der Waals surface area contributed by atoms with E-state index in [2.05, 4.69) is 11.8 Å². The van der Waals surface area contributed by atoms with Crippen molar-refractivity contribution < 1.29 is 5.11 Å². The molecule has 0 amide bonds. The average Bonchev–Trinajstić information content (AvgIpc) is 2.27. The van der Waals surface area contributed by atoms with Gasteiger partial charge in [0.1, 0.15) is 0 Å². The van der Waals surface area contributed by atoms with E-state index in [9.17, 15) is 5.11 Å². The van der Waals surface area contributed by atoms with Gasteiger partial charge in [-0.25, -0.2) is 0 Å². The van der Waals surface area contributed by atoms with Crippen molar-refractivity contribution in [2.24, 2.45) is 17.6 Å². The van der Waals surface area contributed by atoms with Crippen LogP contribution in [0.1, 0.15) is 39.0 Å². The third-order valence-corrected chi connectivity index (χ3v) is 4.46. The average molecular weight is 226 g/mol. The fraction of sp³-hybridized carbons (Fsp3) is 1.00. The van der Waals surface area contributed by atoms with Gasteiger partial charge >= 0.3 is 0 Å². The fourth-order valence-corrected chi connectivity index (χ4v) is 3.07. The molecule has 2 aliphatic rings. The summed E-state index contributed by atoms with van der Waals surface area (Å²) in [6, 6.07) is 0.394. The van der Waals surface area contributed by atoms with Crippen molar-refractivity contribution in [3.05, 3.63) is 0 Å². The van der Waals surface area contributed by atoms with Crippen LogP contribution in [0.5, 0.6) is 0 Å². The summed E-state index contributed by atoms with van der Waals surface area (Å²) < 4.78 is 0. The second kappa shape index (κ2) is 5.48. The highest BCUT2D eigenvalue weighted by molar-refractivity contribution is 4.84. The van der Waals surface area contributed by atoms with Gasteiger partial charge < -0.3 is 15.7 Å². The number of nitrogens with zero attached hydrogens (tertiary/aromatic N) is 1. The zero-order chi connectivity index (χ0) is 11.5. The quantitative estimate of drug-likeness (QED) is 0.744. The van der Waals surface area contributed by atoms with E-state index in [1.54, 1.807) is 0 Å². The number of likely N-dealkylation sites (tertiary alicyclic amines) is 1. The first kappa shape index (κ1) is 12.3. The molecule has 0 bridgehead atoms. The monoisotopic (exact) mass is 226 g/mol. The highest BCUT2D eigenvalue weighted by Crippen LogP contribution is 2.25. The first-order valence-corrected chi connectivity index (χ1v) is 6.83. The second-order valence-corrected chi connectivity index (χ2v) is 5.80. The van der Waals surface area contributed by atoms with E-state index in [0.717, 1.165) is 26.1 Å². The van der Waals surface area contributed by atoms with Gasteiger partial charge in [0.2, 0.25) is 0 Å². The van der Waals surface area contributed by atoms with Crippen molar-refractivity contribution in [1.29, 1.82) is 0 Å². The van der Waals surface area contributed by atoms with Crippen LogP contribution in [-0.4, -0.2) is 41.8 Å². The van der Waals surface area contributed by atoms with Crippen molar-refractivity contribution in [2.75, 3.05) is 19.6 Å². The van der Waals surface area contributed by atoms with Gasteiger partial charge in [-0.1, -0.05) is 19.8 Å². The molecule has 1 saturated heterocycles. The lowest BCUT2D eigenvalue weighted by molar-refractivity contribution is 0.0188. The van der Waals surface area contributed by atoms with Crippen molar-refractivity contribution in [3.63, 3.8) is 0 Å². The summed E-state index contributed by atoms with van der Waals surface area (Å²) in [6.07, 6.45) is 6.11. The van der Waals surface area contributed by atoms with Crippen molar-refractivity contribution >= 4 is 0 Å². The Morgan fingerprint density at radius 2 is 2.00 bits per heavy atom. The molecule has 94 valence electrons. The molecule has 3 N–H and O–H groups in total. The Morgan fingerprint density at radius 3 is 2.69 bits per heavy atom. The molecule has 1 aliphatic heterocycles. The zero-order valence-electron chi connectivity index (χ0n) is 10.4. The Bertz CT molecular complexity index is 222. The molecule has 3 nitrogen and oxygen atoms in total. The molecule has 2 fully saturated rings. The molecule has 16 heavy (non-hydrogen) atoms.